The van der Waals surface area contributed by atoms with Crippen molar-refractivity contribution in [2.75, 3.05) is 12.3 Å². The average Bonchev–Trinajstić information content (AvgIpc) is 1.88. The van der Waals surface area contributed by atoms with Gasteiger partial charge in [-0.05, 0) is 19.1 Å². The zero-order chi connectivity index (χ0) is 7.40. The molecule has 0 fully saturated rings. The number of nitrogens with two attached hydrogens (primary N) is 1. The quantitative estimate of drug-likeness (QED) is 0.625. The van der Waals surface area contributed by atoms with Gasteiger partial charge in [-0.25, -0.2) is 0 Å². The van der Waals surface area contributed by atoms with Gasteiger partial charge in [0.2, 0.25) is 0 Å². The van der Waals surface area contributed by atoms with Crippen LogP contribution in [0.3, 0.4) is 0 Å². The van der Waals surface area contributed by atoms with E-state index in [1.165, 1.54) is 0 Å². The Morgan fingerprint density at radius 2 is 2.40 bits per heavy atom. The summed E-state index contributed by atoms with van der Waals surface area (Å²) in [6.45, 7) is 2.58. The number of ether oxygens (including phenoxy) is 1. The number of benzene rings is 1. The first-order valence-corrected chi connectivity index (χ1v) is 3.23. The Balaban J connectivity index is 2.75. The second kappa shape index (κ2) is 3.11. The molecule has 0 saturated heterocycles. The van der Waals surface area contributed by atoms with Gasteiger partial charge >= 0.3 is 0 Å². The van der Waals surface area contributed by atoms with Crippen LogP contribution < -0.4 is 10.5 Å². The maximum Gasteiger partial charge on any atom is 0.129 e. The fraction of sp³-hybridized carbons (Fsp3) is 0.250. The molecule has 0 atom stereocenters. The largest absolute Gasteiger partial charge is 0.493 e. The molecule has 1 aromatic carbocycles. The second-order valence-corrected chi connectivity index (χ2v) is 1.90. The molecule has 0 unspecified atom stereocenters. The van der Waals surface area contributed by atoms with E-state index in [9.17, 15) is 0 Å². The highest BCUT2D eigenvalue weighted by atomic mass is 16.5. The second-order valence-electron chi connectivity index (χ2n) is 1.90. The van der Waals surface area contributed by atoms with Gasteiger partial charge in [0.25, 0.3) is 0 Å². The zero-order valence-corrected chi connectivity index (χ0v) is 5.92. The number of anilines is 1. The van der Waals surface area contributed by atoms with Gasteiger partial charge in [0.1, 0.15) is 5.75 Å². The van der Waals surface area contributed by atoms with Gasteiger partial charge in [-0.3, -0.25) is 0 Å². The maximum atomic E-state index is 5.45. The summed E-state index contributed by atoms with van der Waals surface area (Å²) in [5, 5.41) is 0. The fourth-order valence-electron chi connectivity index (χ4n) is 0.704. The molecule has 0 bridgehead atoms. The number of rotatable bonds is 2. The standard InChI is InChI=1S/C8H10NO/c1-2-10-8-5-3-4-7(9)6-8/h3-5H,2,9H2,1H3. The summed E-state index contributed by atoms with van der Waals surface area (Å²) in [7, 11) is 0. The van der Waals surface area contributed by atoms with Crippen LogP contribution in [0.2, 0.25) is 0 Å². The fourth-order valence-corrected chi connectivity index (χ4v) is 0.704. The van der Waals surface area contributed by atoms with E-state index >= 15 is 0 Å². The lowest BCUT2D eigenvalue weighted by molar-refractivity contribution is 0.340. The van der Waals surface area contributed by atoms with Crippen LogP contribution in [0.15, 0.2) is 18.2 Å². The minimum atomic E-state index is 0.617. The summed E-state index contributed by atoms with van der Waals surface area (Å²) in [5.41, 5.74) is 6.07. The normalized spacial score (nSPS) is 9.30. The lowest BCUT2D eigenvalue weighted by atomic mass is 10.3. The molecule has 10 heavy (non-hydrogen) atoms. The third-order valence-corrected chi connectivity index (χ3v) is 1.09. The number of hydrogen-bond acceptors (Lipinski definition) is 2. The first kappa shape index (κ1) is 6.93. The third kappa shape index (κ3) is 1.65. The molecular formula is C8H10NO. The summed E-state index contributed by atoms with van der Waals surface area (Å²) in [6.07, 6.45) is 0. The number of hydrogen-bond donors (Lipinski definition) is 1. The zero-order valence-electron chi connectivity index (χ0n) is 5.92. The molecule has 1 radical (unpaired) electrons. The maximum absolute atomic E-state index is 5.45. The van der Waals surface area contributed by atoms with E-state index in [1.807, 2.05) is 19.1 Å². The highest BCUT2D eigenvalue weighted by Gasteiger charge is 1.90. The van der Waals surface area contributed by atoms with E-state index < -0.39 is 0 Å². The minimum absolute atomic E-state index is 0.617. The molecule has 1 rings (SSSR count). The Morgan fingerprint density at radius 3 is 3.00 bits per heavy atom. The van der Waals surface area contributed by atoms with Crippen LogP contribution >= 0.6 is 0 Å². The molecule has 0 aromatic heterocycles. The summed E-state index contributed by atoms with van der Waals surface area (Å²) in [4.78, 5) is 0. The predicted molar refractivity (Wildman–Crippen MR) is 40.9 cm³/mol. The van der Waals surface area contributed by atoms with E-state index in [0.29, 0.717) is 18.0 Å². The van der Waals surface area contributed by atoms with Crippen molar-refractivity contribution in [3.63, 3.8) is 0 Å². The monoisotopic (exact) mass is 136 g/mol. The molecule has 0 aliphatic heterocycles. The summed E-state index contributed by atoms with van der Waals surface area (Å²) in [6, 6.07) is 8.32. The Labute approximate surface area is 60.6 Å². The molecule has 0 aliphatic carbocycles. The van der Waals surface area contributed by atoms with Gasteiger partial charge in [-0.15, -0.1) is 0 Å². The molecule has 0 aliphatic rings. The van der Waals surface area contributed by atoms with Crippen molar-refractivity contribution in [2.45, 2.75) is 6.92 Å². The topological polar surface area (TPSA) is 35.2 Å². The van der Waals surface area contributed by atoms with Crippen molar-refractivity contribution >= 4 is 5.69 Å². The highest BCUT2D eigenvalue weighted by molar-refractivity contribution is 5.41. The number of nitrogen functional groups attached to an aromatic ring is 1. The molecular weight excluding hydrogens is 126 g/mol. The minimum Gasteiger partial charge on any atom is -0.493 e. The van der Waals surface area contributed by atoms with Crippen molar-refractivity contribution in [2.24, 2.45) is 0 Å². The summed E-state index contributed by atoms with van der Waals surface area (Å²) < 4.78 is 5.15. The third-order valence-electron chi connectivity index (χ3n) is 1.09. The Morgan fingerprint density at radius 1 is 1.60 bits per heavy atom. The SMILES string of the molecule is CCOc1[c]c(N)ccc1. The predicted octanol–water partition coefficient (Wildman–Crippen LogP) is 1.47. The van der Waals surface area contributed by atoms with E-state index in [-0.39, 0.29) is 0 Å². The molecule has 0 heterocycles. The van der Waals surface area contributed by atoms with E-state index in [4.69, 9.17) is 10.5 Å². The van der Waals surface area contributed by atoms with Crippen molar-refractivity contribution in [1.82, 2.24) is 0 Å². The van der Waals surface area contributed by atoms with Gasteiger partial charge < -0.3 is 10.5 Å². The average molecular weight is 136 g/mol. The smallest absolute Gasteiger partial charge is 0.129 e. The van der Waals surface area contributed by atoms with Crippen LogP contribution in [-0.4, -0.2) is 6.61 Å². The summed E-state index contributed by atoms with van der Waals surface area (Å²) >= 11 is 0. The molecule has 2 nitrogen and oxygen atoms in total. The Kier molecular flexibility index (Phi) is 2.15. The summed E-state index contributed by atoms with van der Waals surface area (Å²) in [5.74, 6) is 0.711. The van der Waals surface area contributed by atoms with Gasteiger partial charge in [0.05, 0.1) is 12.7 Å². The van der Waals surface area contributed by atoms with Gasteiger partial charge in [0.15, 0.2) is 0 Å². The Hall–Kier alpha value is -1.18. The highest BCUT2D eigenvalue weighted by Crippen LogP contribution is 2.12. The van der Waals surface area contributed by atoms with Crippen LogP contribution in [-0.2, 0) is 0 Å². The van der Waals surface area contributed by atoms with Gasteiger partial charge in [-0.1, -0.05) is 6.07 Å². The van der Waals surface area contributed by atoms with Crippen molar-refractivity contribution < 1.29 is 4.74 Å². The lowest BCUT2D eigenvalue weighted by Crippen LogP contribution is -1.92. The molecule has 0 spiro atoms. The van der Waals surface area contributed by atoms with Crippen LogP contribution in [0.25, 0.3) is 0 Å². The first-order valence-electron chi connectivity index (χ1n) is 3.23. The first-order chi connectivity index (χ1) is 4.83. The van der Waals surface area contributed by atoms with Crippen LogP contribution in [0.4, 0.5) is 5.69 Å². The molecule has 53 valence electrons. The molecule has 2 N–H and O–H groups in total. The lowest BCUT2D eigenvalue weighted by Gasteiger charge is -2.00. The molecule has 0 saturated carbocycles. The van der Waals surface area contributed by atoms with E-state index in [0.717, 1.165) is 0 Å². The Bertz CT molecular complexity index is 210. The van der Waals surface area contributed by atoms with Crippen molar-refractivity contribution in [3.05, 3.63) is 24.3 Å². The van der Waals surface area contributed by atoms with Crippen LogP contribution in [0, 0.1) is 6.07 Å². The van der Waals surface area contributed by atoms with E-state index in [2.05, 4.69) is 6.07 Å². The van der Waals surface area contributed by atoms with Crippen LogP contribution in [0.1, 0.15) is 6.92 Å². The van der Waals surface area contributed by atoms with Crippen molar-refractivity contribution in [3.8, 4) is 5.75 Å². The van der Waals surface area contributed by atoms with Gasteiger partial charge in [-0.2, -0.15) is 0 Å². The van der Waals surface area contributed by atoms with E-state index in [1.54, 1.807) is 6.07 Å². The molecule has 2 heteroatoms. The molecule has 1 aromatic rings. The van der Waals surface area contributed by atoms with Crippen LogP contribution in [0.5, 0.6) is 5.75 Å². The van der Waals surface area contributed by atoms with Gasteiger partial charge in [0, 0.05) is 5.69 Å². The van der Waals surface area contributed by atoms with Crippen molar-refractivity contribution in [1.29, 1.82) is 0 Å². The molecule has 0 amide bonds.